The van der Waals surface area contributed by atoms with Gasteiger partial charge in [-0.15, -0.1) is 0 Å². The van der Waals surface area contributed by atoms with Crippen molar-refractivity contribution in [2.45, 2.75) is 31.7 Å². The molecule has 0 aliphatic rings. The minimum atomic E-state index is -3.51. The first-order valence-corrected chi connectivity index (χ1v) is 11.1. The van der Waals surface area contributed by atoms with E-state index in [1.807, 2.05) is 6.92 Å². The van der Waals surface area contributed by atoms with Gasteiger partial charge in [0.05, 0.1) is 10.9 Å². The number of nitrogens with zero attached hydrogens (tertiary/aromatic N) is 3. The van der Waals surface area contributed by atoms with Gasteiger partial charge in [0.15, 0.2) is 11.5 Å². The molecule has 2 heterocycles. The highest BCUT2D eigenvalue weighted by atomic mass is 32.2. The van der Waals surface area contributed by atoms with Crippen LogP contribution in [0.1, 0.15) is 42.9 Å². The fourth-order valence-electron chi connectivity index (χ4n) is 3.03. The Hall–Kier alpha value is -3.04. The standard InChI is InChI=1S/C21H24N4O4S/c1-4-25(5-2)30(27,28)18-8-6-16(7-9-18)15(3)23-21(26)19-14-20(29-24-19)17-10-12-22-13-11-17/h6-15H,4-5H2,1-3H3,(H,23,26). The van der Waals surface area contributed by atoms with Crippen LogP contribution in [0.15, 0.2) is 64.3 Å². The number of rotatable bonds is 8. The van der Waals surface area contributed by atoms with Crippen molar-refractivity contribution in [3.05, 3.63) is 66.1 Å². The molecular formula is C21H24N4O4S. The van der Waals surface area contributed by atoms with Gasteiger partial charge in [-0.05, 0) is 36.8 Å². The zero-order valence-electron chi connectivity index (χ0n) is 17.1. The van der Waals surface area contributed by atoms with Gasteiger partial charge in [-0.25, -0.2) is 8.42 Å². The molecule has 1 N–H and O–H groups in total. The van der Waals surface area contributed by atoms with Crippen LogP contribution in [0.4, 0.5) is 0 Å². The molecule has 0 spiro atoms. The second-order valence-electron chi connectivity index (χ2n) is 6.67. The summed E-state index contributed by atoms with van der Waals surface area (Å²) in [5, 5.41) is 6.68. The van der Waals surface area contributed by atoms with E-state index in [9.17, 15) is 13.2 Å². The van der Waals surface area contributed by atoms with Crippen molar-refractivity contribution in [1.82, 2.24) is 19.8 Å². The van der Waals surface area contributed by atoms with Crippen molar-refractivity contribution in [1.29, 1.82) is 0 Å². The molecule has 8 nitrogen and oxygen atoms in total. The Labute approximate surface area is 176 Å². The number of benzene rings is 1. The second kappa shape index (κ2) is 9.19. The summed E-state index contributed by atoms with van der Waals surface area (Å²) < 4.78 is 31.8. The summed E-state index contributed by atoms with van der Waals surface area (Å²) in [7, 11) is -3.51. The molecule has 1 aromatic carbocycles. The Bertz CT molecular complexity index is 1090. The number of amides is 1. The maximum Gasteiger partial charge on any atom is 0.273 e. The first-order chi connectivity index (χ1) is 14.4. The Morgan fingerprint density at radius 2 is 1.73 bits per heavy atom. The van der Waals surface area contributed by atoms with E-state index < -0.39 is 10.0 Å². The molecule has 1 amide bonds. The topological polar surface area (TPSA) is 105 Å². The Morgan fingerprint density at radius 1 is 1.10 bits per heavy atom. The van der Waals surface area contributed by atoms with E-state index in [1.165, 1.54) is 4.31 Å². The minimum Gasteiger partial charge on any atom is -0.355 e. The third-order valence-electron chi connectivity index (χ3n) is 4.78. The van der Waals surface area contributed by atoms with Crippen LogP contribution < -0.4 is 5.32 Å². The van der Waals surface area contributed by atoms with Crippen molar-refractivity contribution >= 4 is 15.9 Å². The summed E-state index contributed by atoms with van der Waals surface area (Å²) in [5.41, 5.74) is 1.71. The third kappa shape index (κ3) is 4.58. The highest BCUT2D eigenvalue weighted by Crippen LogP contribution is 2.21. The highest BCUT2D eigenvalue weighted by Gasteiger charge is 2.22. The van der Waals surface area contributed by atoms with E-state index in [2.05, 4.69) is 15.5 Å². The van der Waals surface area contributed by atoms with Crippen LogP contribution >= 0.6 is 0 Å². The molecule has 0 bridgehead atoms. The number of carbonyl (C=O) groups is 1. The summed E-state index contributed by atoms with van der Waals surface area (Å²) in [5.74, 6) is 0.0903. The maximum atomic E-state index is 12.6. The fourth-order valence-corrected chi connectivity index (χ4v) is 4.49. The first kappa shape index (κ1) is 21.7. The molecule has 1 unspecified atom stereocenters. The lowest BCUT2D eigenvalue weighted by atomic mass is 10.1. The van der Waals surface area contributed by atoms with Crippen molar-refractivity contribution in [2.24, 2.45) is 0 Å². The molecular weight excluding hydrogens is 404 g/mol. The summed E-state index contributed by atoms with van der Waals surface area (Å²) in [6.07, 6.45) is 3.26. The molecule has 2 aromatic heterocycles. The van der Waals surface area contributed by atoms with E-state index in [0.29, 0.717) is 18.8 Å². The van der Waals surface area contributed by atoms with Crippen molar-refractivity contribution in [3.63, 3.8) is 0 Å². The summed E-state index contributed by atoms with van der Waals surface area (Å²) in [6, 6.07) is 11.3. The summed E-state index contributed by atoms with van der Waals surface area (Å²) in [4.78, 5) is 16.7. The zero-order valence-corrected chi connectivity index (χ0v) is 17.9. The molecule has 158 valence electrons. The maximum absolute atomic E-state index is 12.6. The van der Waals surface area contributed by atoms with Gasteiger partial charge < -0.3 is 9.84 Å². The van der Waals surface area contributed by atoms with Crippen LogP contribution in [0.5, 0.6) is 0 Å². The molecule has 3 aromatic rings. The first-order valence-electron chi connectivity index (χ1n) is 9.64. The summed E-state index contributed by atoms with van der Waals surface area (Å²) >= 11 is 0. The molecule has 0 fully saturated rings. The van der Waals surface area contributed by atoms with Crippen LogP contribution in [0.3, 0.4) is 0 Å². The van der Waals surface area contributed by atoms with E-state index in [-0.39, 0.29) is 22.5 Å². The number of pyridine rings is 1. The van der Waals surface area contributed by atoms with Crippen LogP contribution in [0.25, 0.3) is 11.3 Å². The monoisotopic (exact) mass is 428 g/mol. The van der Waals surface area contributed by atoms with Crippen molar-refractivity contribution < 1.29 is 17.7 Å². The number of hydrogen-bond acceptors (Lipinski definition) is 6. The predicted octanol–water partition coefficient (Wildman–Crippen LogP) is 3.26. The lowest BCUT2D eigenvalue weighted by Crippen LogP contribution is -2.30. The van der Waals surface area contributed by atoms with Crippen LogP contribution in [-0.4, -0.2) is 41.9 Å². The average molecular weight is 429 g/mol. The lowest BCUT2D eigenvalue weighted by molar-refractivity contribution is 0.0931. The minimum absolute atomic E-state index is 0.161. The summed E-state index contributed by atoms with van der Waals surface area (Å²) in [6.45, 7) is 6.24. The number of hydrogen-bond donors (Lipinski definition) is 1. The van der Waals surface area contributed by atoms with Gasteiger partial charge in [-0.2, -0.15) is 4.31 Å². The van der Waals surface area contributed by atoms with Crippen LogP contribution in [-0.2, 0) is 10.0 Å². The van der Waals surface area contributed by atoms with Gasteiger partial charge in [0.1, 0.15) is 0 Å². The number of carbonyl (C=O) groups excluding carboxylic acids is 1. The Balaban J connectivity index is 1.70. The largest absolute Gasteiger partial charge is 0.355 e. The molecule has 0 radical (unpaired) electrons. The Morgan fingerprint density at radius 3 is 2.33 bits per heavy atom. The van der Waals surface area contributed by atoms with Crippen LogP contribution in [0, 0.1) is 0 Å². The normalized spacial score (nSPS) is 12.7. The van der Waals surface area contributed by atoms with Crippen LogP contribution in [0.2, 0.25) is 0 Å². The quantitative estimate of drug-likeness (QED) is 0.590. The zero-order chi connectivity index (χ0) is 21.7. The number of aromatic nitrogens is 2. The molecule has 30 heavy (non-hydrogen) atoms. The van der Waals surface area contributed by atoms with Gasteiger partial charge in [-0.3, -0.25) is 9.78 Å². The van der Waals surface area contributed by atoms with E-state index in [1.54, 1.807) is 68.7 Å². The SMILES string of the molecule is CCN(CC)S(=O)(=O)c1ccc(C(C)NC(=O)c2cc(-c3ccncc3)on2)cc1. The van der Waals surface area contributed by atoms with E-state index >= 15 is 0 Å². The van der Waals surface area contributed by atoms with Gasteiger partial charge >= 0.3 is 0 Å². The van der Waals surface area contributed by atoms with E-state index in [0.717, 1.165) is 11.1 Å². The predicted molar refractivity (Wildman–Crippen MR) is 112 cm³/mol. The van der Waals surface area contributed by atoms with Gasteiger partial charge in [-0.1, -0.05) is 31.1 Å². The molecule has 0 aliphatic heterocycles. The molecule has 3 rings (SSSR count). The molecule has 0 saturated carbocycles. The van der Waals surface area contributed by atoms with Crippen molar-refractivity contribution in [2.75, 3.05) is 13.1 Å². The molecule has 9 heteroatoms. The number of sulfonamides is 1. The lowest BCUT2D eigenvalue weighted by Gasteiger charge is -2.19. The van der Waals surface area contributed by atoms with Crippen molar-refractivity contribution in [3.8, 4) is 11.3 Å². The highest BCUT2D eigenvalue weighted by molar-refractivity contribution is 7.89. The van der Waals surface area contributed by atoms with Gasteiger partial charge in [0.25, 0.3) is 5.91 Å². The van der Waals surface area contributed by atoms with E-state index in [4.69, 9.17) is 4.52 Å². The second-order valence-corrected chi connectivity index (χ2v) is 8.60. The van der Waals surface area contributed by atoms with Gasteiger partial charge in [0.2, 0.25) is 10.0 Å². The van der Waals surface area contributed by atoms with Gasteiger partial charge in [0, 0.05) is 37.1 Å². The Kier molecular flexibility index (Phi) is 6.63. The molecule has 0 saturated heterocycles. The molecule has 1 atom stereocenters. The fraction of sp³-hybridized carbons (Fsp3) is 0.286. The third-order valence-corrected chi connectivity index (χ3v) is 6.84. The smallest absolute Gasteiger partial charge is 0.273 e. The number of nitrogens with one attached hydrogen (secondary N) is 1. The molecule has 0 aliphatic carbocycles. The average Bonchev–Trinajstić information content (AvgIpc) is 3.25.